The molecule has 0 bridgehead atoms. The van der Waals surface area contributed by atoms with E-state index < -0.39 is 6.10 Å². The van der Waals surface area contributed by atoms with Crippen molar-refractivity contribution in [3.63, 3.8) is 0 Å². The Labute approximate surface area is 136 Å². The Morgan fingerprint density at radius 3 is 2.32 bits per heavy atom. The molecule has 116 valence electrons. The molecule has 1 amide bonds. The molecule has 4 heteroatoms. The molecule has 0 heterocycles. The topological polar surface area (TPSA) is 38.3 Å². The predicted molar refractivity (Wildman–Crippen MR) is 90.8 cm³/mol. The van der Waals surface area contributed by atoms with Crippen LogP contribution >= 0.6 is 11.6 Å². The summed E-state index contributed by atoms with van der Waals surface area (Å²) in [5.41, 5.74) is 4.09. The van der Waals surface area contributed by atoms with E-state index in [2.05, 4.69) is 5.32 Å². The van der Waals surface area contributed by atoms with Crippen LogP contribution in [-0.2, 0) is 4.79 Å². The van der Waals surface area contributed by atoms with Crippen LogP contribution in [0, 0.1) is 20.8 Å². The van der Waals surface area contributed by atoms with Gasteiger partial charge in [0.25, 0.3) is 5.91 Å². The second-order valence-electron chi connectivity index (χ2n) is 5.45. The number of amides is 1. The van der Waals surface area contributed by atoms with E-state index in [9.17, 15) is 4.79 Å². The average molecular weight is 318 g/mol. The maximum Gasteiger partial charge on any atom is 0.265 e. The highest BCUT2D eigenvalue weighted by atomic mass is 35.5. The third-order valence-corrected chi connectivity index (χ3v) is 3.75. The molecule has 0 spiro atoms. The highest BCUT2D eigenvalue weighted by Crippen LogP contribution is 2.25. The van der Waals surface area contributed by atoms with Crippen molar-refractivity contribution in [1.29, 1.82) is 0 Å². The summed E-state index contributed by atoms with van der Waals surface area (Å²) in [4.78, 5) is 12.3. The molecule has 2 aromatic rings. The maximum atomic E-state index is 12.3. The molecule has 0 saturated heterocycles. The van der Waals surface area contributed by atoms with Gasteiger partial charge < -0.3 is 10.1 Å². The van der Waals surface area contributed by atoms with Crippen LogP contribution in [0.2, 0.25) is 5.02 Å². The molecule has 0 aliphatic rings. The molecule has 0 aromatic heterocycles. The van der Waals surface area contributed by atoms with Gasteiger partial charge in [-0.1, -0.05) is 41.4 Å². The number of carbonyl (C=O) groups is 1. The number of anilines is 1. The minimum absolute atomic E-state index is 0.199. The number of rotatable bonds is 4. The van der Waals surface area contributed by atoms with E-state index in [0.29, 0.717) is 10.8 Å². The molecule has 0 saturated carbocycles. The molecule has 22 heavy (non-hydrogen) atoms. The number of hydrogen-bond donors (Lipinski definition) is 1. The van der Waals surface area contributed by atoms with E-state index in [4.69, 9.17) is 16.3 Å². The van der Waals surface area contributed by atoms with Gasteiger partial charge in [-0.2, -0.15) is 0 Å². The normalized spacial score (nSPS) is 11.9. The van der Waals surface area contributed by atoms with Gasteiger partial charge >= 0.3 is 0 Å². The number of halogens is 1. The zero-order valence-electron chi connectivity index (χ0n) is 13.2. The molecule has 0 radical (unpaired) electrons. The van der Waals surface area contributed by atoms with Crippen LogP contribution < -0.4 is 10.1 Å². The quantitative estimate of drug-likeness (QED) is 0.889. The summed E-state index contributed by atoms with van der Waals surface area (Å²) in [5, 5.41) is 3.43. The SMILES string of the molecule is Cc1cc(C)c(NC(=O)[C@H](C)Oc2ccccc2Cl)c(C)c1. The Balaban J connectivity index is 2.11. The summed E-state index contributed by atoms with van der Waals surface area (Å²) in [6, 6.07) is 11.2. The first-order valence-electron chi connectivity index (χ1n) is 7.18. The fourth-order valence-electron chi connectivity index (χ4n) is 2.39. The minimum atomic E-state index is -0.639. The van der Waals surface area contributed by atoms with Gasteiger partial charge in [0.1, 0.15) is 5.75 Å². The van der Waals surface area contributed by atoms with Crippen LogP contribution in [0.5, 0.6) is 5.75 Å². The van der Waals surface area contributed by atoms with Crippen LogP contribution in [0.15, 0.2) is 36.4 Å². The van der Waals surface area contributed by atoms with E-state index in [1.165, 1.54) is 5.56 Å². The molecular weight excluding hydrogens is 298 g/mol. The highest BCUT2D eigenvalue weighted by molar-refractivity contribution is 6.32. The Kier molecular flexibility index (Phi) is 5.09. The van der Waals surface area contributed by atoms with Crippen molar-refractivity contribution < 1.29 is 9.53 Å². The first-order valence-corrected chi connectivity index (χ1v) is 7.56. The molecule has 0 aliphatic carbocycles. The number of hydrogen-bond acceptors (Lipinski definition) is 2. The molecule has 2 aromatic carbocycles. The number of aryl methyl sites for hydroxylation is 3. The molecule has 2 rings (SSSR count). The van der Waals surface area contributed by atoms with Crippen LogP contribution in [0.25, 0.3) is 0 Å². The van der Waals surface area contributed by atoms with Gasteiger partial charge in [0.15, 0.2) is 6.10 Å². The number of para-hydroxylation sites is 1. The largest absolute Gasteiger partial charge is 0.479 e. The Morgan fingerprint density at radius 2 is 1.73 bits per heavy atom. The summed E-state index contributed by atoms with van der Waals surface area (Å²) < 4.78 is 5.64. The summed E-state index contributed by atoms with van der Waals surface area (Å²) in [6.45, 7) is 7.71. The molecule has 0 unspecified atom stereocenters. The molecular formula is C18H20ClNO2. The van der Waals surface area contributed by atoms with Gasteiger partial charge in [-0.3, -0.25) is 4.79 Å². The monoisotopic (exact) mass is 317 g/mol. The highest BCUT2D eigenvalue weighted by Gasteiger charge is 2.17. The van der Waals surface area contributed by atoms with E-state index in [1.807, 2.05) is 45.0 Å². The van der Waals surface area contributed by atoms with Crippen molar-refractivity contribution in [2.24, 2.45) is 0 Å². The lowest BCUT2D eigenvalue weighted by molar-refractivity contribution is -0.122. The van der Waals surface area contributed by atoms with Gasteiger partial charge in [0.2, 0.25) is 0 Å². The first kappa shape index (κ1) is 16.4. The van der Waals surface area contributed by atoms with Crippen LogP contribution in [0.3, 0.4) is 0 Å². The van der Waals surface area contributed by atoms with Gasteiger partial charge in [-0.25, -0.2) is 0 Å². The minimum Gasteiger partial charge on any atom is -0.479 e. The van der Waals surface area contributed by atoms with Crippen molar-refractivity contribution in [1.82, 2.24) is 0 Å². The maximum absolute atomic E-state index is 12.3. The second-order valence-corrected chi connectivity index (χ2v) is 5.86. The van der Waals surface area contributed by atoms with Gasteiger partial charge in [0.05, 0.1) is 5.02 Å². The van der Waals surface area contributed by atoms with Gasteiger partial charge in [-0.05, 0) is 51.0 Å². The van der Waals surface area contributed by atoms with Crippen molar-refractivity contribution in [3.8, 4) is 5.75 Å². The molecule has 0 aliphatic heterocycles. The smallest absolute Gasteiger partial charge is 0.265 e. The van der Waals surface area contributed by atoms with Gasteiger partial charge in [0, 0.05) is 5.69 Å². The van der Waals surface area contributed by atoms with E-state index >= 15 is 0 Å². The van der Waals surface area contributed by atoms with Gasteiger partial charge in [-0.15, -0.1) is 0 Å². The number of benzene rings is 2. The fourth-order valence-corrected chi connectivity index (χ4v) is 2.57. The number of carbonyl (C=O) groups excluding carboxylic acids is 1. The lowest BCUT2D eigenvalue weighted by atomic mass is 10.0. The van der Waals surface area contributed by atoms with Crippen LogP contribution in [0.1, 0.15) is 23.6 Å². The summed E-state index contributed by atoms with van der Waals surface area (Å²) in [6.07, 6.45) is -0.639. The van der Waals surface area contributed by atoms with Crippen LogP contribution in [-0.4, -0.2) is 12.0 Å². The third kappa shape index (κ3) is 3.80. The van der Waals surface area contributed by atoms with Crippen molar-refractivity contribution in [2.75, 3.05) is 5.32 Å². The molecule has 1 atom stereocenters. The van der Waals surface area contributed by atoms with Crippen molar-refractivity contribution in [3.05, 3.63) is 58.1 Å². The fraction of sp³-hybridized carbons (Fsp3) is 0.278. The molecule has 0 fully saturated rings. The third-order valence-electron chi connectivity index (χ3n) is 3.43. The molecule has 1 N–H and O–H groups in total. The standard InChI is InChI=1S/C18H20ClNO2/c1-11-9-12(2)17(13(3)10-11)20-18(21)14(4)22-16-8-6-5-7-15(16)19/h5-10,14H,1-4H3,(H,20,21)/t14-/m0/s1. The van der Waals surface area contributed by atoms with E-state index in [1.54, 1.807) is 19.1 Å². The van der Waals surface area contributed by atoms with E-state index in [0.717, 1.165) is 16.8 Å². The summed E-state index contributed by atoms with van der Waals surface area (Å²) >= 11 is 6.04. The lowest BCUT2D eigenvalue weighted by Crippen LogP contribution is -2.30. The van der Waals surface area contributed by atoms with Crippen LogP contribution in [0.4, 0.5) is 5.69 Å². The Morgan fingerprint density at radius 1 is 1.14 bits per heavy atom. The van der Waals surface area contributed by atoms with Crippen molar-refractivity contribution in [2.45, 2.75) is 33.8 Å². The first-order chi connectivity index (χ1) is 10.4. The Hall–Kier alpha value is -2.00. The summed E-state index contributed by atoms with van der Waals surface area (Å²) in [5.74, 6) is 0.305. The van der Waals surface area contributed by atoms with Crippen molar-refractivity contribution >= 4 is 23.2 Å². The second kappa shape index (κ2) is 6.84. The number of nitrogens with one attached hydrogen (secondary N) is 1. The summed E-state index contributed by atoms with van der Waals surface area (Å²) in [7, 11) is 0. The zero-order chi connectivity index (χ0) is 16.3. The predicted octanol–water partition coefficient (Wildman–Crippen LogP) is 4.67. The Bertz CT molecular complexity index is 674. The molecule has 3 nitrogen and oxygen atoms in total. The average Bonchev–Trinajstić information content (AvgIpc) is 2.45. The number of ether oxygens (including phenoxy) is 1. The zero-order valence-corrected chi connectivity index (χ0v) is 14.0. The van der Waals surface area contributed by atoms with E-state index in [-0.39, 0.29) is 5.91 Å². The lowest BCUT2D eigenvalue weighted by Gasteiger charge is -2.18.